The molecule has 6 nitrogen and oxygen atoms in total. The van der Waals surface area contributed by atoms with Crippen LogP contribution in [0.5, 0.6) is 5.75 Å². The lowest BCUT2D eigenvalue weighted by atomic mass is 9.94. The van der Waals surface area contributed by atoms with Gasteiger partial charge in [-0.05, 0) is 61.5 Å². The molecule has 176 valence electrons. The van der Waals surface area contributed by atoms with Crippen LogP contribution in [0.25, 0.3) is 17.0 Å². The molecular formula is C27H23FN4O2S. The van der Waals surface area contributed by atoms with E-state index in [0.717, 1.165) is 22.4 Å². The van der Waals surface area contributed by atoms with Gasteiger partial charge in [-0.25, -0.2) is 4.39 Å². The Hall–Kier alpha value is -4.04. The quantitative estimate of drug-likeness (QED) is 0.344. The topological polar surface area (TPSA) is 63.4 Å². The maximum Gasteiger partial charge on any atom is 0.258 e. The van der Waals surface area contributed by atoms with Crippen molar-refractivity contribution in [1.29, 1.82) is 0 Å². The van der Waals surface area contributed by atoms with Gasteiger partial charge in [0.1, 0.15) is 11.6 Å². The summed E-state index contributed by atoms with van der Waals surface area (Å²) in [6.45, 7) is 3.65. The van der Waals surface area contributed by atoms with Crippen molar-refractivity contribution >= 4 is 28.6 Å². The lowest BCUT2D eigenvalue weighted by Gasteiger charge is -2.37. The highest BCUT2D eigenvalue weighted by atomic mass is 32.1. The SMILES string of the molecule is COc1cccc(-c2noc(C3=C(C)N(c4ccc(C)c(F)c4)C(=S)NC3c3ccccc3)n2)c1. The number of anilines is 1. The zero-order valence-electron chi connectivity index (χ0n) is 19.4. The first-order valence-electron chi connectivity index (χ1n) is 11.1. The Morgan fingerprint density at radius 3 is 2.57 bits per heavy atom. The number of nitrogens with zero attached hydrogens (tertiary/aromatic N) is 3. The number of aromatic nitrogens is 2. The van der Waals surface area contributed by atoms with E-state index in [9.17, 15) is 4.39 Å². The Balaban J connectivity index is 1.65. The minimum absolute atomic E-state index is 0.303. The Morgan fingerprint density at radius 1 is 1.03 bits per heavy atom. The van der Waals surface area contributed by atoms with Crippen LogP contribution >= 0.6 is 12.2 Å². The molecule has 1 aliphatic rings. The third-order valence-electron chi connectivity index (χ3n) is 6.02. The highest BCUT2D eigenvalue weighted by molar-refractivity contribution is 7.80. The molecule has 0 spiro atoms. The highest BCUT2D eigenvalue weighted by Gasteiger charge is 2.35. The number of allylic oxidation sites excluding steroid dienone is 1. The van der Waals surface area contributed by atoms with Gasteiger partial charge in [0.2, 0.25) is 5.82 Å². The molecule has 8 heteroatoms. The number of hydrogen-bond donors (Lipinski definition) is 1. The van der Waals surface area contributed by atoms with E-state index >= 15 is 0 Å². The second-order valence-corrected chi connectivity index (χ2v) is 8.60. The van der Waals surface area contributed by atoms with E-state index in [-0.39, 0.29) is 11.9 Å². The number of aryl methyl sites for hydroxylation is 1. The van der Waals surface area contributed by atoms with Crippen LogP contribution in [-0.2, 0) is 0 Å². The van der Waals surface area contributed by atoms with Gasteiger partial charge in [0.25, 0.3) is 5.89 Å². The van der Waals surface area contributed by atoms with E-state index in [1.54, 1.807) is 25.0 Å². The zero-order chi connectivity index (χ0) is 24.5. The van der Waals surface area contributed by atoms with E-state index in [1.807, 2.05) is 67.6 Å². The largest absolute Gasteiger partial charge is 0.497 e. The predicted molar refractivity (Wildman–Crippen MR) is 137 cm³/mol. The summed E-state index contributed by atoms with van der Waals surface area (Å²) in [6, 6.07) is 22.1. The van der Waals surface area contributed by atoms with Gasteiger partial charge in [0, 0.05) is 11.3 Å². The molecule has 0 aliphatic carbocycles. The molecule has 0 saturated heterocycles. The summed E-state index contributed by atoms with van der Waals surface area (Å²) >= 11 is 5.73. The normalized spacial score (nSPS) is 15.8. The van der Waals surface area contributed by atoms with Crippen molar-refractivity contribution in [2.24, 2.45) is 0 Å². The second kappa shape index (κ2) is 9.31. The van der Waals surface area contributed by atoms with E-state index in [2.05, 4.69) is 10.5 Å². The fourth-order valence-corrected chi connectivity index (χ4v) is 4.52. The molecule has 1 aromatic heterocycles. The van der Waals surface area contributed by atoms with Crippen molar-refractivity contribution in [1.82, 2.24) is 15.5 Å². The summed E-state index contributed by atoms with van der Waals surface area (Å²) in [7, 11) is 1.61. The summed E-state index contributed by atoms with van der Waals surface area (Å²) in [5.41, 5.74) is 4.46. The van der Waals surface area contributed by atoms with Crippen LogP contribution in [0.1, 0.15) is 30.0 Å². The van der Waals surface area contributed by atoms with Gasteiger partial charge in [0.05, 0.1) is 24.4 Å². The average molecular weight is 487 g/mol. The smallest absolute Gasteiger partial charge is 0.258 e. The minimum Gasteiger partial charge on any atom is -0.497 e. The molecule has 5 rings (SSSR count). The van der Waals surface area contributed by atoms with E-state index < -0.39 is 0 Å². The summed E-state index contributed by atoms with van der Waals surface area (Å²) in [5, 5.41) is 8.07. The Morgan fingerprint density at radius 2 is 1.83 bits per heavy atom. The van der Waals surface area contributed by atoms with E-state index in [4.69, 9.17) is 26.5 Å². The maximum absolute atomic E-state index is 14.4. The highest BCUT2D eigenvalue weighted by Crippen LogP contribution is 2.39. The molecule has 3 aromatic carbocycles. The van der Waals surface area contributed by atoms with Crippen molar-refractivity contribution in [3.05, 3.63) is 101 Å². The first kappa shape index (κ1) is 22.7. The van der Waals surface area contributed by atoms with Gasteiger partial charge >= 0.3 is 0 Å². The Kier molecular flexibility index (Phi) is 6.05. The third kappa shape index (κ3) is 4.28. The molecule has 2 heterocycles. The number of nitrogens with one attached hydrogen (secondary N) is 1. The van der Waals surface area contributed by atoms with E-state index in [0.29, 0.717) is 33.8 Å². The summed E-state index contributed by atoms with van der Waals surface area (Å²) in [5.74, 6) is 1.18. The zero-order valence-corrected chi connectivity index (χ0v) is 20.3. The predicted octanol–water partition coefficient (Wildman–Crippen LogP) is 6.06. The van der Waals surface area contributed by atoms with Crippen LogP contribution in [0, 0.1) is 12.7 Å². The van der Waals surface area contributed by atoms with Gasteiger partial charge in [-0.15, -0.1) is 0 Å². The number of benzene rings is 3. The standard InChI is InChI=1S/C27H23FN4O2S/c1-16-12-13-20(15-22(16)28)32-17(2)23(24(29-27(32)35)18-8-5-4-6-9-18)26-30-25(31-34-26)19-10-7-11-21(14-19)33-3/h4-15,24H,1-3H3,(H,29,35). The first-order valence-corrected chi connectivity index (χ1v) is 11.5. The van der Waals surface area contributed by atoms with Gasteiger partial charge < -0.3 is 14.6 Å². The van der Waals surface area contributed by atoms with Crippen LogP contribution < -0.4 is 15.0 Å². The van der Waals surface area contributed by atoms with E-state index in [1.165, 1.54) is 6.07 Å². The van der Waals surface area contributed by atoms with Crippen molar-refractivity contribution in [2.45, 2.75) is 19.9 Å². The molecule has 0 amide bonds. The van der Waals surface area contributed by atoms with Crippen LogP contribution in [0.15, 0.2) is 83.0 Å². The number of halogens is 1. The summed E-state index contributed by atoms with van der Waals surface area (Å²) in [4.78, 5) is 6.51. The summed E-state index contributed by atoms with van der Waals surface area (Å²) in [6.07, 6.45) is 0. The van der Waals surface area contributed by atoms with Crippen LogP contribution in [0.2, 0.25) is 0 Å². The van der Waals surface area contributed by atoms with Gasteiger partial charge in [-0.1, -0.05) is 53.7 Å². The fraction of sp³-hybridized carbons (Fsp3) is 0.148. The maximum atomic E-state index is 14.4. The van der Waals surface area contributed by atoms with Crippen molar-refractivity contribution < 1.29 is 13.7 Å². The fourth-order valence-electron chi connectivity index (χ4n) is 4.16. The number of thiocarbonyl (C=S) groups is 1. The Bertz CT molecular complexity index is 1430. The molecule has 0 bridgehead atoms. The minimum atomic E-state index is -0.325. The number of ether oxygens (including phenoxy) is 1. The van der Waals surface area contributed by atoms with Crippen molar-refractivity contribution in [2.75, 3.05) is 12.0 Å². The number of rotatable bonds is 5. The lowest BCUT2D eigenvalue weighted by Crippen LogP contribution is -2.46. The monoisotopic (exact) mass is 486 g/mol. The molecule has 1 unspecified atom stereocenters. The number of methoxy groups -OCH3 is 1. The molecule has 0 radical (unpaired) electrons. The molecule has 1 N–H and O–H groups in total. The third-order valence-corrected chi connectivity index (χ3v) is 6.32. The van der Waals surface area contributed by atoms with Crippen molar-refractivity contribution in [3.8, 4) is 17.1 Å². The van der Waals surface area contributed by atoms with Crippen LogP contribution in [0.4, 0.5) is 10.1 Å². The van der Waals surface area contributed by atoms with Gasteiger partial charge in [-0.3, -0.25) is 4.90 Å². The average Bonchev–Trinajstić information content (AvgIpc) is 3.36. The summed E-state index contributed by atoms with van der Waals surface area (Å²) < 4.78 is 25.5. The van der Waals surface area contributed by atoms with Crippen LogP contribution in [-0.4, -0.2) is 22.4 Å². The second-order valence-electron chi connectivity index (χ2n) is 8.22. The van der Waals surface area contributed by atoms with Crippen LogP contribution in [0.3, 0.4) is 0 Å². The molecule has 1 atom stereocenters. The molecule has 35 heavy (non-hydrogen) atoms. The molecule has 0 saturated carbocycles. The Labute approximate surface area is 208 Å². The first-order chi connectivity index (χ1) is 17.0. The number of hydrogen-bond acceptors (Lipinski definition) is 5. The molecular weight excluding hydrogens is 463 g/mol. The van der Waals surface area contributed by atoms with Gasteiger partial charge in [0.15, 0.2) is 5.11 Å². The van der Waals surface area contributed by atoms with Crippen molar-refractivity contribution in [3.63, 3.8) is 0 Å². The lowest BCUT2D eigenvalue weighted by molar-refractivity contribution is 0.403. The molecule has 1 aliphatic heterocycles. The molecule has 4 aromatic rings. The molecule has 0 fully saturated rings. The van der Waals surface area contributed by atoms with Gasteiger partial charge in [-0.2, -0.15) is 4.98 Å².